The fraction of sp³-hybridized carbons (Fsp3) is 0.130. The molecule has 0 aliphatic heterocycles. The monoisotopic (exact) mass is 401 g/mol. The molecule has 0 unspecified atom stereocenters. The molecule has 2 aromatic carbocycles. The van der Waals surface area contributed by atoms with Crippen molar-refractivity contribution in [2.75, 3.05) is 5.32 Å². The SMILES string of the molecule is CCc1ccc(NC(=O)/C(C#N)=C/c2ccc(-c3cc([N+](=O)[O-])ccc3C)o2)cc1. The maximum Gasteiger partial charge on any atom is 0.270 e. The number of benzene rings is 2. The highest BCUT2D eigenvalue weighted by atomic mass is 16.6. The van der Waals surface area contributed by atoms with E-state index < -0.39 is 10.8 Å². The van der Waals surface area contributed by atoms with E-state index in [0.29, 0.717) is 22.8 Å². The molecule has 1 N–H and O–H groups in total. The van der Waals surface area contributed by atoms with Gasteiger partial charge in [0.05, 0.1) is 4.92 Å². The number of nitro benzene ring substituents is 1. The van der Waals surface area contributed by atoms with Crippen LogP contribution >= 0.6 is 0 Å². The summed E-state index contributed by atoms with van der Waals surface area (Å²) in [5, 5.41) is 23.1. The van der Waals surface area contributed by atoms with E-state index in [1.54, 1.807) is 30.3 Å². The number of carbonyl (C=O) groups is 1. The second-order valence-corrected chi connectivity index (χ2v) is 6.63. The predicted octanol–water partition coefficient (Wildman–Crippen LogP) is 5.27. The first-order valence-electron chi connectivity index (χ1n) is 9.28. The van der Waals surface area contributed by atoms with Crippen LogP contribution in [0.5, 0.6) is 0 Å². The van der Waals surface area contributed by atoms with Crippen molar-refractivity contribution in [3.05, 3.63) is 87.2 Å². The van der Waals surface area contributed by atoms with Crippen LogP contribution in [0.1, 0.15) is 23.8 Å². The van der Waals surface area contributed by atoms with Crippen molar-refractivity contribution in [2.24, 2.45) is 0 Å². The second-order valence-electron chi connectivity index (χ2n) is 6.63. The minimum Gasteiger partial charge on any atom is -0.457 e. The predicted molar refractivity (Wildman–Crippen MR) is 114 cm³/mol. The topological polar surface area (TPSA) is 109 Å². The molecule has 1 amide bonds. The number of furan rings is 1. The quantitative estimate of drug-likeness (QED) is 0.262. The maximum atomic E-state index is 12.4. The van der Waals surface area contributed by atoms with Gasteiger partial charge in [0.1, 0.15) is 23.2 Å². The molecule has 3 rings (SSSR count). The third-order valence-corrected chi connectivity index (χ3v) is 4.60. The van der Waals surface area contributed by atoms with Gasteiger partial charge in [-0.25, -0.2) is 0 Å². The van der Waals surface area contributed by atoms with E-state index >= 15 is 0 Å². The molecule has 0 atom stereocenters. The molecule has 0 spiro atoms. The summed E-state index contributed by atoms with van der Waals surface area (Å²) in [6.07, 6.45) is 2.23. The van der Waals surface area contributed by atoms with Crippen molar-refractivity contribution in [1.82, 2.24) is 0 Å². The summed E-state index contributed by atoms with van der Waals surface area (Å²) >= 11 is 0. The number of nitriles is 1. The maximum absolute atomic E-state index is 12.4. The van der Waals surface area contributed by atoms with Crippen LogP contribution in [-0.4, -0.2) is 10.8 Å². The third kappa shape index (κ3) is 4.62. The van der Waals surface area contributed by atoms with E-state index in [4.69, 9.17) is 4.42 Å². The summed E-state index contributed by atoms with van der Waals surface area (Å²) in [6, 6.07) is 17.0. The normalized spacial score (nSPS) is 11.0. The van der Waals surface area contributed by atoms with Crippen molar-refractivity contribution in [3.63, 3.8) is 0 Å². The Balaban J connectivity index is 1.83. The molecule has 0 saturated heterocycles. The molecule has 30 heavy (non-hydrogen) atoms. The number of nitrogens with zero attached hydrogens (tertiary/aromatic N) is 2. The number of aryl methyl sites for hydroxylation is 2. The Bertz CT molecular complexity index is 1170. The molecule has 7 nitrogen and oxygen atoms in total. The minimum atomic E-state index is -0.550. The van der Waals surface area contributed by atoms with E-state index in [0.717, 1.165) is 17.5 Å². The number of non-ortho nitro benzene ring substituents is 1. The molecule has 0 radical (unpaired) electrons. The lowest BCUT2D eigenvalue weighted by Gasteiger charge is -2.05. The van der Waals surface area contributed by atoms with Crippen LogP contribution in [-0.2, 0) is 11.2 Å². The standard InChI is InChI=1S/C23H19N3O4/c1-3-16-5-7-18(8-6-16)25-23(27)17(14-24)12-20-10-11-22(30-20)21-13-19(26(28)29)9-4-15(21)2/h4-13H,3H2,1-2H3,(H,25,27)/b17-12+. The van der Waals surface area contributed by atoms with Gasteiger partial charge in [-0.15, -0.1) is 0 Å². The fourth-order valence-corrected chi connectivity index (χ4v) is 2.88. The molecular formula is C23H19N3O4. The highest BCUT2D eigenvalue weighted by Crippen LogP contribution is 2.29. The molecule has 0 bridgehead atoms. The lowest BCUT2D eigenvalue weighted by Crippen LogP contribution is -2.13. The van der Waals surface area contributed by atoms with E-state index in [1.165, 1.54) is 18.2 Å². The number of nitrogens with one attached hydrogen (secondary N) is 1. The smallest absolute Gasteiger partial charge is 0.270 e. The molecule has 0 aliphatic rings. The van der Waals surface area contributed by atoms with Crippen LogP contribution in [0.4, 0.5) is 11.4 Å². The zero-order valence-electron chi connectivity index (χ0n) is 16.5. The van der Waals surface area contributed by atoms with Crippen molar-refractivity contribution in [1.29, 1.82) is 5.26 Å². The van der Waals surface area contributed by atoms with E-state index in [9.17, 15) is 20.2 Å². The van der Waals surface area contributed by atoms with Gasteiger partial charge in [0.15, 0.2) is 0 Å². The first kappa shape index (κ1) is 20.6. The summed E-state index contributed by atoms with van der Waals surface area (Å²) in [6.45, 7) is 3.85. The first-order chi connectivity index (χ1) is 14.4. The molecule has 7 heteroatoms. The highest BCUT2D eigenvalue weighted by Gasteiger charge is 2.15. The first-order valence-corrected chi connectivity index (χ1v) is 9.28. The van der Waals surface area contributed by atoms with E-state index in [2.05, 4.69) is 5.32 Å². The van der Waals surface area contributed by atoms with Gasteiger partial charge in [-0.05, 0) is 48.7 Å². The lowest BCUT2D eigenvalue weighted by molar-refractivity contribution is -0.384. The average molecular weight is 401 g/mol. The summed E-state index contributed by atoms with van der Waals surface area (Å²) in [7, 11) is 0. The van der Waals surface area contributed by atoms with Crippen molar-refractivity contribution in [2.45, 2.75) is 20.3 Å². The van der Waals surface area contributed by atoms with Crippen LogP contribution in [0, 0.1) is 28.4 Å². The van der Waals surface area contributed by atoms with Gasteiger partial charge in [0.25, 0.3) is 11.6 Å². The van der Waals surface area contributed by atoms with Gasteiger partial charge in [-0.1, -0.05) is 25.1 Å². The molecule has 0 fully saturated rings. The van der Waals surface area contributed by atoms with Crippen molar-refractivity contribution in [3.8, 4) is 17.4 Å². The number of hydrogen-bond acceptors (Lipinski definition) is 5. The summed E-state index contributed by atoms with van der Waals surface area (Å²) in [4.78, 5) is 23.0. The van der Waals surface area contributed by atoms with Crippen LogP contribution < -0.4 is 5.32 Å². The van der Waals surface area contributed by atoms with Gasteiger partial charge >= 0.3 is 0 Å². The average Bonchev–Trinajstić information content (AvgIpc) is 3.21. The lowest BCUT2D eigenvalue weighted by atomic mass is 10.1. The van der Waals surface area contributed by atoms with Crippen molar-refractivity contribution >= 4 is 23.4 Å². The number of amides is 1. The van der Waals surface area contributed by atoms with Gasteiger partial charge in [0, 0.05) is 29.5 Å². The molecule has 1 aromatic heterocycles. The fourth-order valence-electron chi connectivity index (χ4n) is 2.88. The van der Waals surface area contributed by atoms with Gasteiger partial charge < -0.3 is 9.73 Å². The van der Waals surface area contributed by atoms with Crippen molar-refractivity contribution < 1.29 is 14.1 Å². The number of nitro groups is 1. The molecule has 1 heterocycles. The Morgan fingerprint density at radius 3 is 2.57 bits per heavy atom. The van der Waals surface area contributed by atoms with E-state index in [1.807, 2.05) is 32.0 Å². The summed E-state index contributed by atoms with van der Waals surface area (Å²) in [5.41, 5.74) is 2.94. The van der Waals surface area contributed by atoms with Crippen LogP contribution in [0.3, 0.4) is 0 Å². The Morgan fingerprint density at radius 2 is 1.93 bits per heavy atom. The molecular weight excluding hydrogens is 382 g/mol. The summed E-state index contributed by atoms with van der Waals surface area (Å²) < 4.78 is 5.72. The van der Waals surface area contributed by atoms with Gasteiger partial charge in [-0.2, -0.15) is 5.26 Å². The Kier molecular flexibility index (Phi) is 6.08. The highest BCUT2D eigenvalue weighted by molar-refractivity contribution is 6.09. The third-order valence-electron chi connectivity index (χ3n) is 4.60. The van der Waals surface area contributed by atoms with Gasteiger partial charge in [-0.3, -0.25) is 14.9 Å². The molecule has 0 aliphatic carbocycles. The Hall–Kier alpha value is -4.18. The number of rotatable bonds is 6. The molecule has 3 aromatic rings. The Labute approximate surface area is 173 Å². The zero-order chi connectivity index (χ0) is 21.7. The second kappa shape index (κ2) is 8.88. The largest absolute Gasteiger partial charge is 0.457 e. The van der Waals surface area contributed by atoms with Crippen LogP contribution in [0.2, 0.25) is 0 Å². The molecule has 0 saturated carbocycles. The number of carbonyl (C=O) groups excluding carboxylic acids is 1. The number of anilines is 1. The van der Waals surface area contributed by atoms with Crippen LogP contribution in [0.15, 0.2) is 64.6 Å². The minimum absolute atomic E-state index is 0.0460. The summed E-state index contributed by atoms with van der Waals surface area (Å²) in [5.74, 6) is 0.158. The van der Waals surface area contributed by atoms with E-state index in [-0.39, 0.29) is 11.3 Å². The number of hydrogen-bond donors (Lipinski definition) is 1. The molecule has 150 valence electrons. The van der Waals surface area contributed by atoms with Crippen LogP contribution in [0.25, 0.3) is 17.4 Å². The Morgan fingerprint density at radius 1 is 1.20 bits per heavy atom. The zero-order valence-corrected chi connectivity index (χ0v) is 16.5. The van der Waals surface area contributed by atoms with Gasteiger partial charge in [0.2, 0.25) is 0 Å².